The van der Waals surface area contributed by atoms with E-state index in [1.165, 1.54) is 4.68 Å². The molecule has 0 aliphatic carbocycles. The lowest BCUT2D eigenvalue weighted by atomic mass is 10.0. The van der Waals surface area contributed by atoms with Crippen LogP contribution in [-0.2, 0) is 13.6 Å². The summed E-state index contributed by atoms with van der Waals surface area (Å²) >= 11 is 0. The smallest absolute Gasteiger partial charge is 0.266 e. The summed E-state index contributed by atoms with van der Waals surface area (Å²) < 4.78 is 3.11. The van der Waals surface area contributed by atoms with Crippen LogP contribution in [0.15, 0.2) is 46.0 Å². The largest absolute Gasteiger partial charge is 0.341 e. The van der Waals surface area contributed by atoms with Gasteiger partial charge >= 0.3 is 0 Å². The zero-order valence-electron chi connectivity index (χ0n) is 14.2. The van der Waals surface area contributed by atoms with E-state index in [0.29, 0.717) is 29.3 Å². The number of nitrogens with zero attached hydrogens (tertiary/aromatic N) is 5. The topological polar surface area (TPSA) is 73.0 Å². The van der Waals surface area contributed by atoms with Crippen molar-refractivity contribution in [2.75, 3.05) is 18.0 Å². The highest BCUT2D eigenvalue weighted by Gasteiger charge is 2.30. The summed E-state index contributed by atoms with van der Waals surface area (Å²) in [4.78, 5) is 31.1. The first kappa shape index (κ1) is 15.6. The molecule has 1 aliphatic heterocycles. The molecule has 0 amide bonds. The molecule has 0 N–H and O–H groups in total. The van der Waals surface area contributed by atoms with Gasteiger partial charge in [0.2, 0.25) is 5.95 Å². The molecule has 0 unspecified atom stereocenters. The molecule has 3 heterocycles. The van der Waals surface area contributed by atoms with Crippen molar-refractivity contribution in [2.24, 2.45) is 13.0 Å². The summed E-state index contributed by atoms with van der Waals surface area (Å²) in [6, 6.07) is 10.6. The molecular weight excluding hydrogens is 318 g/mol. The van der Waals surface area contributed by atoms with Crippen LogP contribution in [0.25, 0.3) is 10.9 Å². The van der Waals surface area contributed by atoms with Gasteiger partial charge in [0.1, 0.15) is 0 Å². The highest BCUT2D eigenvalue weighted by Crippen LogP contribution is 2.23. The van der Waals surface area contributed by atoms with Gasteiger partial charge in [0, 0.05) is 32.1 Å². The number of hydrogen-bond donors (Lipinski definition) is 0. The lowest BCUT2D eigenvalue weighted by molar-refractivity contribution is 0.327. The van der Waals surface area contributed by atoms with Crippen LogP contribution < -0.4 is 16.0 Å². The third-order valence-electron chi connectivity index (χ3n) is 4.63. The highest BCUT2D eigenvalue weighted by atomic mass is 16.1. The van der Waals surface area contributed by atoms with E-state index in [9.17, 15) is 9.59 Å². The lowest BCUT2D eigenvalue weighted by Gasteiger charge is -2.40. The number of aryl methyl sites for hydroxylation is 1. The average molecular weight is 337 g/mol. The van der Waals surface area contributed by atoms with E-state index < -0.39 is 0 Å². The molecule has 3 aromatic rings. The minimum absolute atomic E-state index is 0.0411. The fourth-order valence-corrected chi connectivity index (χ4v) is 3.26. The van der Waals surface area contributed by atoms with Gasteiger partial charge in [-0.3, -0.25) is 14.2 Å². The Labute approximate surface area is 144 Å². The summed E-state index contributed by atoms with van der Waals surface area (Å²) in [5, 5.41) is 4.91. The van der Waals surface area contributed by atoms with Crippen LogP contribution in [0.4, 0.5) is 5.95 Å². The summed E-state index contributed by atoms with van der Waals surface area (Å²) in [6.07, 6.45) is 0. The fraction of sp³-hybridized carbons (Fsp3) is 0.333. The quantitative estimate of drug-likeness (QED) is 0.711. The number of fused-ring (bicyclic) bond motifs is 1. The molecular formula is C18H19N5O2. The van der Waals surface area contributed by atoms with Gasteiger partial charge in [-0.15, -0.1) is 0 Å². The van der Waals surface area contributed by atoms with E-state index >= 15 is 0 Å². The predicted molar refractivity (Wildman–Crippen MR) is 95.9 cm³/mol. The van der Waals surface area contributed by atoms with E-state index in [1.54, 1.807) is 29.8 Å². The minimum Gasteiger partial charge on any atom is -0.341 e. The Morgan fingerprint density at radius 1 is 1.12 bits per heavy atom. The molecule has 1 saturated heterocycles. The maximum atomic E-state index is 12.5. The summed E-state index contributed by atoms with van der Waals surface area (Å²) in [5.41, 5.74) is 1.41. The molecule has 2 aromatic heterocycles. The molecule has 1 aromatic carbocycles. The zero-order valence-corrected chi connectivity index (χ0v) is 14.2. The molecule has 7 heteroatoms. The number of rotatable bonds is 3. The van der Waals surface area contributed by atoms with Crippen LogP contribution in [0.2, 0.25) is 0 Å². The second kappa shape index (κ2) is 5.84. The third-order valence-corrected chi connectivity index (χ3v) is 4.63. The number of benzene rings is 1. The van der Waals surface area contributed by atoms with Crippen molar-refractivity contribution >= 4 is 16.9 Å². The first-order valence-electron chi connectivity index (χ1n) is 8.28. The SMILES string of the molecule is Cc1ccc(=O)n(CC2CN(c3nc4ccccc4c(=O)n3C)C2)n1. The molecule has 7 nitrogen and oxygen atoms in total. The van der Waals surface area contributed by atoms with Crippen LogP contribution in [-0.4, -0.2) is 32.4 Å². The highest BCUT2D eigenvalue weighted by molar-refractivity contribution is 5.78. The van der Waals surface area contributed by atoms with Gasteiger partial charge in [0.15, 0.2) is 0 Å². The van der Waals surface area contributed by atoms with Gasteiger partial charge in [0.25, 0.3) is 11.1 Å². The van der Waals surface area contributed by atoms with Gasteiger partial charge < -0.3 is 4.90 Å². The van der Waals surface area contributed by atoms with E-state index in [0.717, 1.165) is 18.8 Å². The molecule has 25 heavy (non-hydrogen) atoms. The van der Waals surface area contributed by atoms with Gasteiger partial charge in [-0.2, -0.15) is 5.10 Å². The van der Waals surface area contributed by atoms with E-state index in [1.807, 2.05) is 25.1 Å². The molecule has 0 saturated carbocycles. The Balaban J connectivity index is 1.55. The number of para-hydroxylation sites is 1. The Hall–Kier alpha value is -2.96. The third kappa shape index (κ3) is 2.71. The van der Waals surface area contributed by atoms with Crippen molar-refractivity contribution in [3.05, 3.63) is 62.8 Å². The Bertz CT molecular complexity index is 1060. The van der Waals surface area contributed by atoms with Crippen molar-refractivity contribution in [2.45, 2.75) is 13.5 Å². The maximum absolute atomic E-state index is 12.5. The van der Waals surface area contributed by atoms with Crippen LogP contribution in [0.1, 0.15) is 5.69 Å². The van der Waals surface area contributed by atoms with Crippen molar-refractivity contribution in [1.29, 1.82) is 0 Å². The Morgan fingerprint density at radius 3 is 2.68 bits per heavy atom. The monoisotopic (exact) mass is 337 g/mol. The summed E-state index contributed by atoms with van der Waals surface area (Å²) in [5.74, 6) is 0.986. The van der Waals surface area contributed by atoms with Gasteiger partial charge in [-0.1, -0.05) is 12.1 Å². The molecule has 1 aliphatic rings. The van der Waals surface area contributed by atoms with Crippen LogP contribution in [0, 0.1) is 12.8 Å². The second-order valence-corrected chi connectivity index (χ2v) is 6.56. The number of hydrogen-bond acceptors (Lipinski definition) is 5. The maximum Gasteiger partial charge on any atom is 0.266 e. The molecule has 4 rings (SSSR count). The molecule has 128 valence electrons. The first-order chi connectivity index (χ1) is 12.0. The molecule has 0 bridgehead atoms. The molecule has 1 fully saturated rings. The standard InChI is InChI=1S/C18H19N5O2/c1-12-7-8-16(24)23(20-12)11-13-9-22(10-13)18-19-15-6-4-3-5-14(15)17(25)21(18)2/h3-8,13H,9-11H2,1-2H3. The average Bonchev–Trinajstić information content (AvgIpc) is 2.57. The van der Waals surface area contributed by atoms with Gasteiger partial charge in [-0.05, 0) is 25.1 Å². The van der Waals surface area contributed by atoms with Gasteiger partial charge in [-0.25, -0.2) is 9.67 Å². The number of aromatic nitrogens is 4. The van der Waals surface area contributed by atoms with Crippen LogP contribution in [0.5, 0.6) is 0 Å². The van der Waals surface area contributed by atoms with Crippen molar-refractivity contribution in [1.82, 2.24) is 19.3 Å². The minimum atomic E-state index is -0.0831. The zero-order chi connectivity index (χ0) is 17.6. The van der Waals surface area contributed by atoms with Crippen molar-refractivity contribution < 1.29 is 0 Å². The predicted octanol–water partition coefficient (Wildman–Crippen LogP) is 0.935. The fourth-order valence-electron chi connectivity index (χ4n) is 3.26. The summed E-state index contributed by atoms with van der Waals surface area (Å²) in [6.45, 7) is 3.96. The summed E-state index contributed by atoms with van der Waals surface area (Å²) in [7, 11) is 1.75. The first-order valence-corrected chi connectivity index (χ1v) is 8.28. The van der Waals surface area contributed by atoms with Gasteiger partial charge in [0.05, 0.1) is 23.1 Å². The normalized spacial score (nSPS) is 14.7. The van der Waals surface area contributed by atoms with Crippen LogP contribution in [0.3, 0.4) is 0 Å². The van der Waals surface area contributed by atoms with E-state index in [2.05, 4.69) is 15.0 Å². The van der Waals surface area contributed by atoms with E-state index in [4.69, 9.17) is 0 Å². The van der Waals surface area contributed by atoms with Crippen molar-refractivity contribution in [3.8, 4) is 0 Å². The Kier molecular flexibility index (Phi) is 3.63. The number of anilines is 1. The Morgan fingerprint density at radius 2 is 1.88 bits per heavy atom. The van der Waals surface area contributed by atoms with Crippen molar-refractivity contribution in [3.63, 3.8) is 0 Å². The van der Waals surface area contributed by atoms with E-state index in [-0.39, 0.29) is 11.1 Å². The molecule has 0 radical (unpaired) electrons. The molecule has 0 spiro atoms. The molecule has 0 atom stereocenters. The van der Waals surface area contributed by atoms with Crippen LogP contribution >= 0.6 is 0 Å². The lowest BCUT2D eigenvalue weighted by Crippen LogP contribution is -2.51. The second-order valence-electron chi connectivity index (χ2n) is 6.56.